The molecule has 2 aromatic carbocycles. The van der Waals surface area contributed by atoms with Crippen molar-refractivity contribution in [3.63, 3.8) is 0 Å². The molecule has 0 fully saturated rings. The van der Waals surface area contributed by atoms with E-state index in [1.54, 1.807) is 17.5 Å². The van der Waals surface area contributed by atoms with Gasteiger partial charge in [0.25, 0.3) is 0 Å². The molecule has 0 aliphatic heterocycles. The Morgan fingerprint density at radius 1 is 0.956 bits per heavy atom. The maximum Gasteiger partial charge on any atom is 0.229 e. The number of fused-ring (bicyclic) bond motifs is 1. The highest BCUT2D eigenvalue weighted by Crippen LogP contribution is 2.35. The SMILES string of the molecule is CCN(CC)CCOc1cccc(Nc2nccc(-c3c(-c4cccc(NC(=O)Cc5cccs5)c4)nn4ccccc34)n2)c1. The predicted molar refractivity (Wildman–Crippen MR) is 181 cm³/mol. The quantitative estimate of drug-likeness (QED) is 0.142. The Morgan fingerprint density at radius 3 is 2.67 bits per heavy atom. The second-order valence-electron chi connectivity index (χ2n) is 10.4. The summed E-state index contributed by atoms with van der Waals surface area (Å²) < 4.78 is 7.86. The van der Waals surface area contributed by atoms with Crippen molar-refractivity contribution >= 4 is 40.1 Å². The highest BCUT2D eigenvalue weighted by molar-refractivity contribution is 7.10. The zero-order valence-corrected chi connectivity index (χ0v) is 26.1. The fourth-order valence-electron chi connectivity index (χ4n) is 5.16. The van der Waals surface area contributed by atoms with Crippen molar-refractivity contribution in [2.45, 2.75) is 20.3 Å². The zero-order chi connectivity index (χ0) is 31.0. The third kappa shape index (κ3) is 7.36. The molecule has 0 saturated heterocycles. The van der Waals surface area contributed by atoms with Gasteiger partial charge in [-0.25, -0.2) is 14.5 Å². The largest absolute Gasteiger partial charge is 0.492 e. The van der Waals surface area contributed by atoms with E-state index in [-0.39, 0.29) is 5.91 Å². The third-order valence-electron chi connectivity index (χ3n) is 7.45. The van der Waals surface area contributed by atoms with Crippen molar-refractivity contribution in [3.05, 3.63) is 108 Å². The van der Waals surface area contributed by atoms with Crippen molar-refractivity contribution in [2.75, 3.05) is 36.9 Å². The highest BCUT2D eigenvalue weighted by atomic mass is 32.1. The average Bonchev–Trinajstić information content (AvgIpc) is 3.71. The number of thiophene rings is 1. The van der Waals surface area contributed by atoms with Gasteiger partial charge in [-0.1, -0.05) is 44.2 Å². The summed E-state index contributed by atoms with van der Waals surface area (Å²) in [6, 6.07) is 27.3. The number of aromatic nitrogens is 4. The fraction of sp³-hybridized carbons (Fsp3) is 0.200. The molecule has 6 rings (SSSR count). The van der Waals surface area contributed by atoms with E-state index in [1.807, 2.05) is 101 Å². The van der Waals surface area contributed by atoms with E-state index in [1.165, 1.54) is 0 Å². The minimum Gasteiger partial charge on any atom is -0.492 e. The molecule has 2 N–H and O–H groups in total. The van der Waals surface area contributed by atoms with Gasteiger partial charge in [0.15, 0.2) is 0 Å². The van der Waals surface area contributed by atoms with Crippen LogP contribution in [-0.2, 0) is 11.2 Å². The van der Waals surface area contributed by atoms with Gasteiger partial charge in [-0.05, 0) is 67.0 Å². The second kappa shape index (κ2) is 14.1. The Bertz CT molecular complexity index is 1880. The number of nitrogens with one attached hydrogen (secondary N) is 2. The van der Waals surface area contributed by atoms with Gasteiger partial charge in [0.1, 0.15) is 18.1 Å². The summed E-state index contributed by atoms with van der Waals surface area (Å²) in [6.07, 6.45) is 4.00. The molecule has 9 nitrogen and oxygen atoms in total. The normalized spacial score (nSPS) is 11.2. The second-order valence-corrected chi connectivity index (χ2v) is 11.5. The van der Waals surface area contributed by atoms with Crippen molar-refractivity contribution in [2.24, 2.45) is 0 Å². The Labute approximate surface area is 266 Å². The fourth-order valence-corrected chi connectivity index (χ4v) is 5.86. The van der Waals surface area contributed by atoms with Crippen LogP contribution >= 0.6 is 11.3 Å². The Morgan fingerprint density at radius 2 is 1.82 bits per heavy atom. The van der Waals surface area contributed by atoms with Crippen molar-refractivity contribution in [1.29, 1.82) is 0 Å². The number of carbonyl (C=O) groups is 1. The number of carbonyl (C=O) groups excluding carboxylic acids is 1. The lowest BCUT2D eigenvalue weighted by atomic mass is 10.0. The lowest BCUT2D eigenvalue weighted by molar-refractivity contribution is -0.115. The molecule has 0 aliphatic carbocycles. The number of rotatable bonds is 13. The molecule has 6 aromatic rings. The van der Waals surface area contributed by atoms with Crippen LogP contribution < -0.4 is 15.4 Å². The molecule has 0 aliphatic rings. The topological polar surface area (TPSA) is 96.7 Å². The van der Waals surface area contributed by atoms with Gasteiger partial charge in [0, 0.05) is 46.8 Å². The predicted octanol–water partition coefficient (Wildman–Crippen LogP) is 7.17. The first-order valence-corrected chi connectivity index (χ1v) is 15.9. The van der Waals surface area contributed by atoms with Gasteiger partial charge in [-0.2, -0.15) is 5.10 Å². The Kier molecular flexibility index (Phi) is 9.43. The molecule has 0 atom stereocenters. The number of likely N-dealkylation sites (N-methyl/N-ethyl adjacent to an activating group) is 1. The first-order chi connectivity index (χ1) is 22.1. The highest BCUT2D eigenvalue weighted by Gasteiger charge is 2.19. The molecule has 10 heteroatoms. The minimum atomic E-state index is -0.0605. The average molecular weight is 618 g/mol. The van der Waals surface area contributed by atoms with Crippen LogP contribution in [0.5, 0.6) is 5.75 Å². The summed E-state index contributed by atoms with van der Waals surface area (Å²) in [5.74, 6) is 1.19. The molecule has 0 saturated carbocycles. The zero-order valence-electron chi connectivity index (χ0n) is 25.3. The summed E-state index contributed by atoms with van der Waals surface area (Å²) in [6.45, 7) is 7.81. The Balaban J connectivity index is 1.25. The minimum absolute atomic E-state index is 0.0605. The molecular formula is C35H35N7O2S. The number of ether oxygens (including phenoxy) is 1. The third-order valence-corrected chi connectivity index (χ3v) is 8.32. The summed E-state index contributed by atoms with van der Waals surface area (Å²) in [4.78, 5) is 25.5. The number of hydrogen-bond donors (Lipinski definition) is 2. The first-order valence-electron chi connectivity index (χ1n) is 15.0. The lowest BCUT2D eigenvalue weighted by Crippen LogP contribution is -2.27. The van der Waals surface area contributed by atoms with Crippen LogP contribution in [0.25, 0.3) is 28.0 Å². The Hall–Kier alpha value is -5.06. The smallest absolute Gasteiger partial charge is 0.229 e. The molecule has 0 radical (unpaired) electrons. The molecule has 45 heavy (non-hydrogen) atoms. The van der Waals surface area contributed by atoms with Crippen LogP contribution in [0.2, 0.25) is 0 Å². The molecule has 4 heterocycles. The van der Waals surface area contributed by atoms with Crippen LogP contribution in [0.4, 0.5) is 17.3 Å². The maximum atomic E-state index is 12.7. The van der Waals surface area contributed by atoms with Crippen molar-refractivity contribution in [1.82, 2.24) is 24.5 Å². The van der Waals surface area contributed by atoms with E-state index in [9.17, 15) is 4.79 Å². The number of benzene rings is 2. The van der Waals surface area contributed by atoms with E-state index < -0.39 is 0 Å². The number of amides is 1. The van der Waals surface area contributed by atoms with Crippen LogP contribution in [0, 0.1) is 0 Å². The number of anilines is 3. The van der Waals surface area contributed by atoms with E-state index in [0.717, 1.165) is 64.0 Å². The van der Waals surface area contributed by atoms with Crippen LogP contribution in [0.1, 0.15) is 18.7 Å². The molecule has 0 spiro atoms. The van der Waals surface area contributed by atoms with Crippen LogP contribution in [0.15, 0.2) is 103 Å². The monoisotopic (exact) mass is 617 g/mol. The lowest BCUT2D eigenvalue weighted by Gasteiger charge is -2.18. The van der Waals surface area contributed by atoms with Crippen LogP contribution in [-0.4, -0.2) is 56.6 Å². The van der Waals surface area contributed by atoms with Gasteiger partial charge >= 0.3 is 0 Å². The van der Waals surface area contributed by atoms with Gasteiger partial charge in [0.2, 0.25) is 11.9 Å². The summed E-state index contributed by atoms with van der Waals surface area (Å²) in [5.41, 5.74) is 5.67. The van der Waals surface area contributed by atoms with E-state index in [2.05, 4.69) is 34.4 Å². The number of nitrogens with zero attached hydrogens (tertiary/aromatic N) is 5. The first kappa shape index (κ1) is 30.0. The van der Waals surface area contributed by atoms with Crippen molar-refractivity contribution in [3.8, 4) is 28.3 Å². The molecule has 1 amide bonds. The van der Waals surface area contributed by atoms with Crippen molar-refractivity contribution < 1.29 is 9.53 Å². The van der Waals surface area contributed by atoms with E-state index >= 15 is 0 Å². The summed E-state index contributed by atoms with van der Waals surface area (Å²) in [7, 11) is 0. The molecule has 228 valence electrons. The van der Waals surface area contributed by atoms with Crippen LogP contribution in [0.3, 0.4) is 0 Å². The summed E-state index contributed by atoms with van der Waals surface area (Å²) in [5, 5.41) is 13.3. The standard InChI is InChI=1S/C35H35N7O2S/c1-3-41(4-2)19-20-44-28-13-8-12-27(23-28)38-35-36-17-16-30(39-35)33-31-15-5-6-18-42(31)40-34(33)25-10-7-11-26(22-25)37-32(43)24-29-14-9-21-45-29/h5-18,21-23H,3-4,19-20,24H2,1-2H3,(H,37,43)(H,36,38,39). The molecule has 4 aromatic heterocycles. The van der Waals surface area contributed by atoms with Gasteiger partial charge < -0.3 is 20.3 Å². The molecule has 0 unspecified atom stereocenters. The maximum absolute atomic E-state index is 12.7. The van der Waals surface area contributed by atoms with Gasteiger partial charge in [0.05, 0.1) is 23.2 Å². The summed E-state index contributed by atoms with van der Waals surface area (Å²) >= 11 is 1.57. The van der Waals surface area contributed by atoms with Gasteiger partial charge in [-0.3, -0.25) is 4.79 Å². The van der Waals surface area contributed by atoms with E-state index in [4.69, 9.17) is 14.8 Å². The molecular weight excluding hydrogens is 582 g/mol. The van der Waals surface area contributed by atoms with Gasteiger partial charge in [-0.15, -0.1) is 11.3 Å². The van der Waals surface area contributed by atoms with E-state index in [0.29, 0.717) is 24.7 Å². The molecule has 0 bridgehead atoms. The number of pyridine rings is 1. The number of hydrogen-bond acceptors (Lipinski definition) is 8.